The van der Waals surface area contributed by atoms with Crippen molar-refractivity contribution in [3.05, 3.63) is 188 Å². The maximum Gasteiger partial charge on any atom is 0.135 e. The molecule has 7 aromatic carbocycles. The summed E-state index contributed by atoms with van der Waals surface area (Å²) in [6.45, 7) is 0. The van der Waals surface area contributed by atoms with Crippen molar-refractivity contribution in [2.45, 2.75) is 24.8 Å². The van der Waals surface area contributed by atoms with E-state index in [-0.39, 0.29) is 0 Å². The summed E-state index contributed by atoms with van der Waals surface area (Å²) in [5.41, 5.74) is 12.1. The van der Waals surface area contributed by atoms with Gasteiger partial charge in [0.25, 0.3) is 0 Å². The Labute approximate surface area is 297 Å². The van der Waals surface area contributed by atoms with E-state index in [2.05, 4.69) is 179 Å². The van der Waals surface area contributed by atoms with Gasteiger partial charge in [0.2, 0.25) is 0 Å². The number of furan rings is 1. The fraction of sp³-hybridized carbons (Fsp3) is 0.0833. The first kappa shape index (κ1) is 29.6. The molecule has 2 unspecified atom stereocenters. The maximum atomic E-state index is 5.99. The van der Waals surface area contributed by atoms with Gasteiger partial charge in [-0.1, -0.05) is 127 Å². The Kier molecular flexibility index (Phi) is 7.09. The number of rotatable bonds is 3. The van der Waals surface area contributed by atoms with Crippen molar-refractivity contribution in [3.63, 3.8) is 0 Å². The number of para-hydroxylation sites is 4. The third kappa shape index (κ3) is 4.96. The van der Waals surface area contributed by atoms with Gasteiger partial charge in [0, 0.05) is 50.6 Å². The quantitative estimate of drug-likeness (QED) is 0.177. The number of hydrogen-bond acceptors (Lipinski definition) is 2. The van der Waals surface area contributed by atoms with E-state index in [4.69, 9.17) is 4.42 Å². The minimum atomic E-state index is 0.527. The third-order valence-corrected chi connectivity index (χ3v) is 10.7. The van der Waals surface area contributed by atoms with E-state index in [1.165, 1.54) is 62.7 Å². The van der Waals surface area contributed by atoms with Crippen LogP contribution in [0.4, 0.5) is 11.4 Å². The van der Waals surface area contributed by atoms with Crippen LogP contribution in [0.2, 0.25) is 0 Å². The van der Waals surface area contributed by atoms with Crippen LogP contribution in [0.3, 0.4) is 0 Å². The smallest absolute Gasteiger partial charge is 0.135 e. The van der Waals surface area contributed by atoms with Crippen molar-refractivity contribution in [1.29, 1.82) is 0 Å². The molecule has 0 radical (unpaired) electrons. The minimum absolute atomic E-state index is 0.527. The van der Waals surface area contributed by atoms with Crippen molar-refractivity contribution in [2.24, 2.45) is 0 Å². The van der Waals surface area contributed by atoms with Crippen LogP contribution in [0, 0.1) is 0 Å². The molecule has 244 valence electrons. The molecule has 0 N–H and O–H groups in total. The van der Waals surface area contributed by atoms with Crippen LogP contribution in [0.25, 0.3) is 60.6 Å². The molecule has 2 aromatic heterocycles. The van der Waals surface area contributed by atoms with E-state index in [0.29, 0.717) is 12.0 Å². The lowest BCUT2D eigenvalue weighted by Crippen LogP contribution is -2.30. The molecule has 3 heterocycles. The van der Waals surface area contributed by atoms with Crippen LogP contribution in [0.1, 0.15) is 24.3 Å². The van der Waals surface area contributed by atoms with E-state index in [0.717, 1.165) is 27.6 Å². The van der Waals surface area contributed by atoms with Crippen molar-refractivity contribution >= 4 is 55.1 Å². The molecule has 0 amide bonds. The van der Waals surface area contributed by atoms with Crippen molar-refractivity contribution in [2.75, 3.05) is 4.90 Å². The second-order valence-corrected chi connectivity index (χ2v) is 13.6. The highest BCUT2D eigenvalue weighted by Gasteiger charge is 2.38. The van der Waals surface area contributed by atoms with Crippen LogP contribution in [0.5, 0.6) is 0 Å². The van der Waals surface area contributed by atoms with E-state index < -0.39 is 0 Å². The number of allylic oxidation sites excluding steroid dienone is 1. The predicted molar refractivity (Wildman–Crippen MR) is 213 cm³/mol. The van der Waals surface area contributed by atoms with Crippen LogP contribution >= 0.6 is 0 Å². The number of fused-ring (bicyclic) bond motifs is 9. The average molecular weight is 657 g/mol. The summed E-state index contributed by atoms with van der Waals surface area (Å²) in [6, 6.07) is 60.9. The van der Waals surface area contributed by atoms with Gasteiger partial charge in [-0.25, -0.2) is 0 Å². The Morgan fingerprint density at radius 2 is 1.10 bits per heavy atom. The van der Waals surface area contributed by atoms with Crippen LogP contribution in [-0.4, -0.2) is 10.6 Å². The van der Waals surface area contributed by atoms with Crippen molar-refractivity contribution in [1.82, 2.24) is 4.57 Å². The van der Waals surface area contributed by atoms with Gasteiger partial charge in [-0.3, -0.25) is 0 Å². The summed E-state index contributed by atoms with van der Waals surface area (Å²) in [5, 5.41) is 4.87. The fourth-order valence-corrected chi connectivity index (χ4v) is 8.42. The number of aromatic nitrogens is 1. The molecule has 0 bridgehead atoms. The molecule has 3 nitrogen and oxygen atoms in total. The summed E-state index contributed by atoms with van der Waals surface area (Å²) in [4.78, 5) is 2.55. The molecule has 1 aliphatic carbocycles. The summed E-state index contributed by atoms with van der Waals surface area (Å²) >= 11 is 0. The molecule has 1 aliphatic heterocycles. The van der Waals surface area contributed by atoms with Gasteiger partial charge in [0.1, 0.15) is 11.2 Å². The molecular formula is C48H36N2O. The molecular weight excluding hydrogens is 621 g/mol. The number of nitrogens with zero attached hydrogens (tertiary/aromatic N) is 2. The zero-order valence-electron chi connectivity index (χ0n) is 28.2. The molecule has 2 aliphatic rings. The Balaban J connectivity index is 0.000000128. The Morgan fingerprint density at radius 3 is 1.88 bits per heavy atom. The molecule has 9 aromatic rings. The lowest BCUT2D eigenvalue weighted by atomic mass is 9.87. The fourth-order valence-electron chi connectivity index (χ4n) is 8.42. The van der Waals surface area contributed by atoms with Gasteiger partial charge < -0.3 is 13.9 Å². The zero-order chi connectivity index (χ0) is 33.7. The van der Waals surface area contributed by atoms with E-state index in [1.54, 1.807) is 0 Å². The first-order chi connectivity index (χ1) is 25.3. The largest absolute Gasteiger partial charge is 0.456 e. The van der Waals surface area contributed by atoms with Crippen molar-refractivity contribution < 1.29 is 4.42 Å². The highest BCUT2D eigenvalue weighted by molar-refractivity contribution is 6.10. The van der Waals surface area contributed by atoms with Gasteiger partial charge in [0.05, 0.1) is 11.0 Å². The predicted octanol–water partition coefficient (Wildman–Crippen LogP) is 13.0. The normalized spacial score (nSPS) is 16.4. The van der Waals surface area contributed by atoms with Crippen molar-refractivity contribution in [3.8, 4) is 16.8 Å². The molecule has 0 saturated heterocycles. The topological polar surface area (TPSA) is 21.3 Å². The highest BCUT2D eigenvalue weighted by Crippen LogP contribution is 2.49. The van der Waals surface area contributed by atoms with Gasteiger partial charge in [-0.15, -0.1) is 0 Å². The van der Waals surface area contributed by atoms with Crippen LogP contribution in [-0.2, 0) is 0 Å². The maximum absolute atomic E-state index is 5.99. The first-order valence-corrected chi connectivity index (χ1v) is 17.9. The van der Waals surface area contributed by atoms with Crippen LogP contribution < -0.4 is 4.90 Å². The third-order valence-electron chi connectivity index (χ3n) is 10.7. The lowest BCUT2D eigenvalue weighted by molar-refractivity contribution is 0.565. The minimum Gasteiger partial charge on any atom is -0.456 e. The molecule has 0 fully saturated rings. The monoisotopic (exact) mass is 656 g/mol. The first-order valence-electron chi connectivity index (χ1n) is 17.9. The van der Waals surface area contributed by atoms with Crippen LogP contribution in [0.15, 0.2) is 186 Å². The molecule has 0 saturated carbocycles. The summed E-state index contributed by atoms with van der Waals surface area (Å²) < 4.78 is 8.33. The summed E-state index contributed by atoms with van der Waals surface area (Å²) in [6.07, 6.45) is 7.15. The highest BCUT2D eigenvalue weighted by atomic mass is 16.3. The Morgan fingerprint density at radius 1 is 0.490 bits per heavy atom. The second kappa shape index (κ2) is 12.2. The number of hydrogen-bond donors (Lipinski definition) is 0. The lowest BCUT2D eigenvalue weighted by Gasteiger charge is -2.31. The average Bonchev–Trinajstić information content (AvgIpc) is 3.86. The number of benzene rings is 7. The summed E-state index contributed by atoms with van der Waals surface area (Å²) in [7, 11) is 0. The molecule has 51 heavy (non-hydrogen) atoms. The molecule has 2 atom stereocenters. The van der Waals surface area contributed by atoms with E-state index in [9.17, 15) is 0 Å². The zero-order valence-corrected chi connectivity index (χ0v) is 28.2. The molecule has 3 heteroatoms. The second-order valence-electron chi connectivity index (χ2n) is 13.6. The van der Waals surface area contributed by atoms with Gasteiger partial charge in [-0.2, -0.15) is 0 Å². The van der Waals surface area contributed by atoms with Gasteiger partial charge in [-0.05, 0) is 84.1 Å². The summed E-state index contributed by atoms with van der Waals surface area (Å²) in [5.74, 6) is 0.527. The Hall–Kier alpha value is -6.32. The standard InChI is InChI=1S/C24H15NO.C24H21N/c1-4-10-21-17(7-1)18-8-2-5-11-22(18)25(21)16-13-14-24-20(15-16)19-9-3-6-12-23(19)26-24;1-2-8-18(9-3-1)19-14-16-20(17-15-19)25-23-12-6-4-10-21(23)22-11-5-7-13-24(22)25/h1-15H;1-6,8-12,14-17,22,24H,7,13H2. The van der Waals surface area contributed by atoms with Gasteiger partial charge in [0.15, 0.2) is 0 Å². The van der Waals surface area contributed by atoms with Gasteiger partial charge >= 0.3 is 0 Å². The molecule has 11 rings (SSSR count). The molecule has 0 spiro atoms. The van der Waals surface area contributed by atoms with E-state index >= 15 is 0 Å². The van der Waals surface area contributed by atoms with E-state index in [1.807, 2.05) is 12.1 Å². The Bertz CT molecular complexity index is 2660. The number of anilines is 2. The SMILES string of the molecule is C1=CC2c3ccccc3N(c3ccc(-c4ccccc4)cc3)C2CC1.c1ccc2c(c1)oc1ccc(-n3c4ccccc4c4ccccc43)cc12.